The topological polar surface area (TPSA) is 96.0 Å². The number of aromatic nitrogens is 2. The maximum Gasteiger partial charge on any atom is 0.262 e. The lowest BCUT2D eigenvalue weighted by Crippen LogP contribution is -2.14. The second-order valence-electron chi connectivity index (χ2n) is 6.79. The van der Waals surface area contributed by atoms with E-state index in [2.05, 4.69) is 25.3 Å². The van der Waals surface area contributed by atoms with Crippen LogP contribution >= 0.6 is 0 Å². The van der Waals surface area contributed by atoms with Crippen LogP contribution in [0.3, 0.4) is 0 Å². The predicted molar refractivity (Wildman–Crippen MR) is 117 cm³/mol. The van der Waals surface area contributed by atoms with Gasteiger partial charge in [0.05, 0.1) is 4.90 Å². The maximum absolute atomic E-state index is 12.7. The fraction of sp³-hybridized carbons (Fsp3) is 0.238. The van der Waals surface area contributed by atoms with Crippen molar-refractivity contribution in [2.45, 2.75) is 32.6 Å². The summed E-state index contributed by atoms with van der Waals surface area (Å²) in [6.45, 7) is 8.33. The summed E-state index contributed by atoms with van der Waals surface area (Å²) in [5.41, 5.74) is 3.02. The fourth-order valence-corrected chi connectivity index (χ4v) is 4.27. The van der Waals surface area contributed by atoms with Crippen molar-refractivity contribution in [3.63, 3.8) is 0 Å². The minimum Gasteiger partial charge on any atom is -0.370 e. The zero-order valence-corrected chi connectivity index (χ0v) is 17.8. The Morgan fingerprint density at radius 1 is 0.862 bits per heavy atom. The third-order valence-corrected chi connectivity index (χ3v) is 5.77. The monoisotopic (exact) mass is 411 g/mol. The molecular formula is C21H25N5O2S. The molecule has 2 aromatic carbocycles. The van der Waals surface area contributed by atoms with Gasteiger partial charge in [-0.25, -0.2) is 18.4 Å². The summed E-state index contributed by atoms with van der Waals surface area (Å²) in [6.07, 6.45) is 0. The number of aryl methyl sites for hydroxylation is 3. The third-order valence-electron chi connectivity index (χ3n) is 4.23. The van der Waals surface area contributed by atoms with Gasteiger partial charge in [-0.15, -0.1) is 0 Å². The molecule has 29 heavy (non-hydrogen) atoms. The molecule has 0 aliphatic heterocycles. The first-order valence-electron chi connectivity index (χ1n) is 9.33. The summed E-state index contributed by atoms with van der Waals surface area (Å²) in [5, 5.41) is 6.38. The number of nitrogens with zero attached hydrogens (tertiary/aromatic N) is 2. The molecule has 0 fully saturated rings. The largest absolute Gasteiger partial charge is 0.370 e. The van der Waals surface area contributed by atoms with E-state index in [1.54, 1.807) is 43.3 Å². The number of hydrogen-bond acceptors (Lipinski definition) is 6. The van der Waals surface area contributed by atoms with E-state index in [-0.39, 0.29) is 4.90 Å². The molecule has 0 spiro atoms. The summed E-state index contributed by atoms with van der Waals surface area (Å²) < 4.78 is 28.0. The molecular weight excluding hydrogens is 386 g/mol. The first-order valence-corrected chi connectivity index (χ1v) is 10.8. The lowest BCUT2D eigenvalue weighted by molar-refractivity contribution is 0.600. The molecule has 0 amide bonds. The van der Waals surface area contributed by atoms with Crippen LogP contribution in [0.1, 0.15) is 23.9 Å². The van der Waals surface area contributed by atoms with E-state index >= 15 is 0 Å². The molecule has 152 valence electrons. The predicted octanol–water partition coefficient (Wildman–Crippen LogP) is 4.38. The van der Waals surface area contributed by atoms with Gasteiger partial charge in [-0.2, -0.15) is 0 Å². The number of anilines is 4. The van der Waals surface area contributed by atoms with E-state index in [0.717, 1.165) is 23.6 Å². The SMILES string of the molecule is CCNc1cc(Nc2ccc(NS(=O)(=O)c3ccc(C)cc3C)cc2)nc(C)n1. The third kappa shape index (κ3) is 5.23. The highest BCUT2D eigenvalue weighted by molar-refractivity contribution is 7.92. The molecule has 0 saturated heterocycles. The minimum absolute atomic E-state index is 0.276. The zero-order valence-electron chi connectivity index (χ0n) is 16.9. The van der Waals surface area contributed by atoms with Gasteiger partial charge in [0, 0.05) is 24.0 Å². The molecule has 3 N–H and O–H groups in total. The van der Waals surface area contributed by atoms with Crippen LogP contribution in [0.25, 0.3) is 0 Å². The molecule has 0 bridgehead atoms. The molecule has 3 aromatic rings. The van der Waals surface area contributed by atoms with E-state index in [1.807, 2.05) is 32.9 Å². The molecule has 7 nitrogen and oxygen atoms in total. The van der Waals surface area contributed by atoms with Crippen molar-refractivity contribution in [2.24, 2.45) is 0 Å². The van der Waals surface area contributed by atoms with E-state index in [0.29, 0.717) is 22.9 Å². The van der Waals surface area contributed by atoms with Gasteiger partial charge in [0.2, 0.25) is 0 Å². The Hall–Kier alpha value is -3.13. The highest BCUT2D eigenvalue weighted by Crippen LogP contribution is 2.23. The summed E-state index contributed by atoms with van der Waals surface area (Å²) in [7, 11) is -3.65. The average molecular weight is 412 g/mol. The van der Waals surface area contributed by atoms with E-state index in [9.17, 15) is 8.42 Å². The van der Waals surface area contributed by atoms with Gasteiger partial charge in [0.1, 0.15) is 17.5 Å². The minimum atomic E-state index is -3.65. The Labute approximate surface area is 171 Å². The van der Waals surface area contributed by atoms with Gasteiger partial charge in [0.25, 0.3) is 10.0 Å². The fourth-order valence-electron chi connectivity index (χ4n) is 2.98. The first-order chi connectivity index (χ1) is 13.8. The molecule has 1 aromatic heterocycles. The van der Waals surface area contributed by atoms with Crippen LogP contribution in [0, 0.1) is 20.8 Å². The van der Waals surface area contributed by atoms with Crippen LogP contribution in [0.2, 0.25) is 0 Å². The number of benzene rings is 2. The van der Waals surface area contributed by atoms with Crippen molar-refractivity contribution in [2.75, 3.05) is 21.9 Å². The van der Waals surface area contributed by atoms with Crippen molar-refractivity contribution < 1.29 is 8.42 Å². The summed E-state index contributed by atoms with van der Waals surface area (Å²) in [6, 6.07) is 14.1. The smallest absolute Gasteiger partial charge is 0.262 e. The second kappa shape index (κ2) is 8.48. The average Bonchev–Trinajstić information content (AvgIpc) is 2.62. The summed E-state index contributed by atoms with van der Waals surface area (Å²) in [5.74, 6) is 2.07. The van der Waals surface area contributed by atoms with Crippen LogP contribution in [-0.2, 0) is 10.0 Å². The first kappa shape index (κ1) is 20.6. The summed E-state index contributed by atoms with van der Waals surface area (Å²) in [4.78, 5) is 8.97. The highest BCUT2D eigenvalue weighted by Gasteiger charge is 2.16. The molecule has 0 atom stereocenters. The number of sulfonamides is 1. The van der Waals surface area contributed by atoms with Crippen molar-refractivity contribution in [1.82, 2.24) is 9.97 Å². The molecule has 0 aliphatic rings. The molecule has 3 rings (SSSR count). The zero-order chi connectivity index (χ0) is 21.0. The standard InChI is InChI=1S/C21H25N5O2S/c1-5-22-20-13-21(24-16(4)23-20)25-17-7-9-18(10-8-17)26-29(27,28)19-11-6-14(2)12-15(19)3/h6-13,26H,5H2,1-4H3,(H2,22,23,24,25). The van der Waals surface area contributed by atoms with Crippen LogP contribution in [0.4, 0.5) is 23.0 Å². The van der Waals surface area contributed by atoms with Gasteiger partial charge in [-0.05, 0) is 63.6 Å². The molecule has 8 heteroatoms. The second-order valence-corrected chi connectivity index (χ2v) is 8.44. The van der Waals surface area contributed by atoms with Gasteiger partial charge >= 0.3 is 0 Å². The van der Waals surface area contributed by atoms with Crippen LogP contribution in [-0.4, -0.2) is 24.9 Å². The normalized spacial score (nSPS) is 11.2. The van der Waals surface area contributed by atoms with Crippen LogP contribution in [0.15, 0.2) is 53.4 Å². The van der Waals surface area contributed by atoms with E-state index in [4.69, 9.17) is 0 Å². The van der Waals surface area contributed by atoms with Gasteiger partial charge in [-0.3, -0.25) is 4.72 Å². The lowest BCUT2D eigenvalue weighted by Gasteiger charge is -2.12. The van der Waals surface area contributed by atoms with Gasteiger partial charge in [-0.1, -0.05) is 17.7 Å². The number of hydrogen-bond donors (Lipinski definition) is 3. The van der Waals surface area contributed by atoms with Crippen molar-refractivity contribution in [3.05, 3.63) is 65.5 Å². The Balaban J connectivity index is 1.75. The van der Waals surface area contributed by atoms with E-state index in [1.165, 1.54) is 0 Å². The molecule has 0 aliphatic carbocycles. The number of nitrogens with one attached hydrogen (secondary N) is 3. The highest BCUT2D eigenvalue weighted by atomic mass is 32.2. The summed E-state index contributed by atoms with van der Waals surface area (Å²) >= 11 is 0. The molecule has 0 radical (unpaired) electrons. The Bertz CT molecular complexity index is 1110. The van der Waals surface area contributed by atoms with Crippen molar-refractivity contribution in [3.8, 4) is 0 Å². The van der Waals surface area contributed by atoms with Crippen molar-refractivity contribution in [1.29, 1.82) is 0 Å². The molecule has 0 saturated carbocycles. The number of rotatable bonds is 7. The van der Waals surface area contributed by atoms with Gasteiger partial charge in [0.15, 0.2) is 0 Å². The van der Waals surface area contributed by atoms with E-state index < -0.39 is 10.0 Å². The van der Waals surface area contributed by atoms with Crippen molar-refractivity contribution >= 4 is 33.0 Å². The van der Waals surface area contributed by atoms with Crippen LogP contribution < -0.4 is 15.4 Å². The molecule has 0 unspecified atom stereocenters. The lowest BCUT2D eigenvalue weighted by atomic mass is 10.2. The van der Waals surface area contributed by atoms with Crippen LogP contribution in [0.5, 0.6) is 0 Å². The van der Waals surface area contributed by atoms with Gasteiger partial charge < -0.3 is 10.6 Å². The molecule has 1 heterocycles. The quantitative estimate of drug-likeness (QED) is 0.534. The Kier molecular flexibility index (Phi) is 6.03. The Morgan fingerprint density at radius 2 is 1.52 bits per heavy atom. The maximum atomic E-state index is 12.7. The Morgan fingerprint density at radius 3 is 2.17 bits per heavy atom.